The molecule has 2 unspecified atom stereocenters. The molecule has 3 N–H and O–H groups in total. The number of nitrogens with one attached hydrogen (secondary N) is 1. The Labute approximate surface area is 127 Å². The van der Waals surface area contributed by atoms with E-state index in [1.165, 1.54) is 12.8 Å². The average Bonchev–Trinajstić information content (AvgIpc) is 3.05. The van der Waals surface area contributed by atoms with Crippen LogP contribution < -0.4 is 11.1 Å². The molecule has 0 saturated carbocycles. The van der Waals surface area contributed by atoms with Crippen molar-refractivity contribution in [1.82, 2.24) is 10.2 Å². The Hall–Kier alpha value is -1.39. The van der Waals surface area contributed by atoms with Gasteiger partial charge in [0.1, 0.15) is 0 Å². The molecular formula is C17H27N3O. The highest BCUT2D eigenvalue weighted by molar-refractivity contribution is 5.79. The summed E-state index contributed by atoms with van der Waals surface area (Å²) in [4.78, 5) is 14.7. The largest absolute Gasteiger partial charge is 0.354 e. The second-order valence-electron chi connectivity index (χ2n) is 5.96. The Balaban J connectivity index is 1.79. The summed E-state index contributed by atoms with van der Waals surface area (Å²) in [7, 11) is 0. The van der Waals surface area contributed by atoms with Crippen molar-refractivity contribution in [3.63, 3.8) is 0 Å². The highest BCUT2D eigenvalue weighted by Gasteiger charge is 2.21. The van der Waals surface area contributed by atoms with Crippen molar-refractivity contribution in [1.29, 1.82) is 0 Å². The molecule has 2 rings (SSSR count). The molecule has 1 aromatic carbocycles. The van der Waals surface area contributed by atoms with E-state index in [9.17, 15) is 4.79 Å². The highest BCUT2D eigenvalue weighted by atomic mass is 16.1. The fourth-order valence-corrected chi connectivity index (χ4v) is 2.89. The van der Waals surface area contributed by atoms with Crippen LogP contribution in [0, 0.1) is 5.92 Å². The molecule has 0 aromatic heterocycles. The molecule has 2 atom stereocenters. The molecule has 0 aliphatic carbocycles. The maximum absolute atomic E-state index is 12.3. The zero-order valence-electron chi connectivity index (χ0n) is 12.9. The number of hydrogen-bond acceptors (Lipinski definition) is 3. The van der Waals surface area contributed by atoms with E-state index in [0.717, 1.165) is 18.7 Å². The maximum Gasteiger partial charge on any atom is 0.224 e. The maximum atomic E-state index is 12.3. The normalized spacial score (nSPS) is 18.4. The lowest BCUT2D eigenvalue weighted by atomic mass is 9.98. The lowest BCUT2D eigenvalue weighted by Crippen LogP contribution is -2.44. The van der Waals surface area contributed by atoms with Crippen LogP contribution in [0.3, 0.4) is 0 Å². The molecule has 0 spiro atoms. The van der Waals surface area contributed by atoms with Crippen molar-refractivity contribution >= 4 is 5.91 Å². The minimum atomic E-state index is -0.141. The highest BCUT2D eigenvalue weighted by Crippen LogP contribution is 2.11. The molecule has 1 aromatic rings. The fourth-order valence-electron chi connectivity index (χ4n) is 2.89. The van der Waals surface area contributed by atoms with Gasteiger partial charge in [-0.2, -0.15) is 0 Å². The number of rotatable bonds is 7. The van der Waals surface area contributed by atoms with Crippen LogP contribution in [-0.4, -0.2) is 43.0 Å². The van der Waals surface area contributed by atoms with Crippen LogP contribution in [0.4, 0.5) is 0 Å². The molecule has 4 nitrogen and oxygen atoms in total. The van der Waals surface area contributed by atoms with Crippen molar-refractivity contribution in [2.75, 3.05) is 26.2 Å². The summed E-state index contributed by atoms with van der Waals surface area (Å²) < 4.78 is 0. The molecule has 4 heteroatoms. The number of hydrogen-bond donors (Lipinski definition) is 2. The van der Waals surface area contributed by atoms with E-state index < -0.39 is 0 Å². The van der Waals surface area contributed by atoms with Crippen LogP contribution in [0.15, 0.2) is 30.3 Å². The molecule has 1 heterocycles. The minimum absolute atomic E-state index is 0.0763. The summed E-state index contributed by atoms with van der Waals surface area (Å²) in [6.45, 7) is 5.59. The summed E-state index contributed by atoms with van der Waals surface area (Å²) in [6.07, 6.45) is 3.26. The molecule has 116 valence electrons. The van der Waals surface area contributed by atoms with E-state index in [1.54, 1.807) is 0 Å². The fraction of sp³-hybridized carbons (Fsp3) is 0.588. The third-order valence-electron chi connectivity index (χ3n) is 4.32. The lowest BCUT2D eigenvalue weighted by Gasteiger charge is -2.25. The van der Waals surface area contributed by atoms with E-state index >= 15 is 0 Å². The summed E-state index contributed by atoms with van der Waals surface area (Å²) in [6, 6.07) is 10.5. The van der Waals surface area contributed by atoms with Crippen molar-refractivity contribution in [3.05, 3.63) is 35.9 Å². The smallest absolute Gasteiger partial charge is 0.224 e. The number of carbonyl (C=O) groups is 1. The van der Waals surface area contributed by atoms with Gasteiger partial charge in [-0.05, 0) is 44.8 Å². The molecule has 1 saturated heterocycles. The summed E-state index contributed by atoms with van der Waals surface area (Å²) in [5.74, 6) is -0.0643. The predicted molar refractivity (Wildman–Crippen MR) is 86.0 cm³/mol. The molecule has 0 bridgehead atoms. The number of likely N-dealkylation sites (tertiary alicyclic amines) is 1. The van der Waals surface area contributed by atoms with Crippen molar-refractivity contribution < 1.29 is 4.79 Å². The van der Waals surface area contributed by atoms with Gasteiger partial charge in [-0.1, -0.05) is 30.3 Å². The van der Waals surface area contributed by atoms with Gasteiger partial charge in [0.25, 0.3) is 0 Å². The van der Waals surface area contributed by atoms with Crippen LogP contribution in [0.25, 0.3) is 0 Å². The van der Waals surface area contributed by atoms with E-state index in [4.69, 9.17) is 5.73 Å². The Bertz CT molecular complexity index is 429. The number of nitrogens with two attached hydrogens (primary N) is 1. The average molecular weight is 289 g/mol. The monoisotopic (exact) mass is 289 g/mol. The van der Waals surface area contributed by atoms with Gasteiger partial charge in [-0.25, -0.2) is 0 Å². The van der Waals surface area contributed by atoms with Gasteiger partial charge in [0, 0.05) is 19.1 Å². The van der Waals surface area contributed by atoms with Crippen LogP contribution in [0.1, 0.15) is 25.3 Å². The molecular weight excluding hydrogens is 262 g/mol. The van der Waals surface area contributed by atoms with E-state index in [2.05, 4.69) is 17.1 Å². The lowest BCUT2D eigenvalue weighted by molar-refractivity contribution is -0.124. The first-order chi connectivity index (χ1) is 10.2. The predicted octanol–water partition coefficient (Wildman–Crippen LogP) is 1.40. The van der Waals surface area contributed by atoms with Gasteiger partial charge in [0.05, 0.1) is 5.92 Å². The standard InChI is InChI=1S/C17H27N3O/c1-14(20-9-5-6-10-20)13-19-17(21)16(12-18)11-15-7-3-2-4-8-15/h2-4,7-8,14,16H,5-6,9-13,18H2,1H3,(H,19,21). The van der Waals surface area contributed by atoms with Gasteiger partial charge in [0.15, 0.2) is 0 Å². The molecule has 1 amide bonds. The first-order valence-electron chi connectivity index (χ1n) is 7.96. The van der Waals surface area contributed by atoms with Crippen LogP contribution >= 0.6 is 0 Å². The Morgan fingerprint density at radius 2 is 1.95 bits per heavy atom. The van der Waals surface area contributed by atoms with Gasteiger partial charge >= 0.3 is 0 Å². The topological polar surface area (TPSA) is 58.4 Å². The van der Waals surface area contributed by atoms with Crippen molar-refractivity contribution in [2.45, 2.75) is 32.2 Å². The minimum Gasteiger partial charge on any atom is -0.354 e. The van der Waals surface area contributed by atoms with E-state index in [1.807, 2.05) is 30.3 Å². The zero-order chi connectivity index (χ0) is 15.1. The second kappa shape index (κ2) is 8.15. The Kier molecular flexibility index (Phi) is 6.21. The molecule has 1 aliphatic heterocycles. The zero-order valence-corrected chi connectivity index (χ0v) is 12.9. The van der Waals surface area contributed by atoms with Crippen molar-refractivity contribution in [3.8, 4) is 0 Å². The Morgan fingerprint density at radius 1 is 1.29 bits per heavy atom. The van der Waals surface area contributed by atoms with Gasteiger partial charge in [-0.15, -0.1) is 0 Å². The third-order valence-corrected chi connectivity index (χ3v) is 4.32. The summed E-state index contributed by atoms with van der Waals surface area (Å²) in [5, 5.41) is 3.07. The van der Waals surface area contributed by atoms with Crippen molar-refractivity contribution in [2.24, 2.45) is 11.7 Å². The van der Waals surface area contributed by atoms with E-state index in [0.29, 0.717) is 25.6 Å². The SMILES string of the molecule is CC(CNC(=O)C(CN)Cc1ccccc1)N1CCCC1. The van der Waals surface area contributed by atoms with Crippen LogP contribution in [0.2, 0.25) is 0 Å². The summed E-state index contributed by atoms with van der Waals surface area (Å²) >= 11 is 0. The third kappa shape index (κ3) is 4.83. The van der Waals surface area contributed by atoms with Crippen LogP contribution in [0.5, 0.6) is 0 Å². The van der Waals surface area contributed by atoms with Gasteiger partial charge < -0.3 is 11.1 Å². The molecule has 1 fully saturated rings. The second-order valence-corrected chi connectivity index (χ2v) is 5.96. The number of amides is 1. The van der Waals surface area contributed by atoms with Gasteiger partial charge in [0.2, 0.25) is 5.91 Å². The van der Waals surface area contributed by atoms with Crippen LogP contribution in [-0.2, 0) is 11.2 Å². The summed E-state index contributed by atoms with van der Waals surface area (Å²) in [5.41, 5.74) is 6.94. The van der Waals surface area contributed by atoms with Gasteiger partial charge in [-0.3, -0.25) is 9.69 Å². The number of carbonyl (C=O) groups excluding carboxylic acids is 1. The first kappa shape index (κ1) is 16.0. The molecule has 1 aliphatic rings. The molecule has 0 radical (unpaired) electrons. The quantitative estimate of drug-likeness (QED) is 0.798. The molecule has 21 heavy (non-hydrogen) atoms. The number of benzene rings is 1. The number of nitrogens with zero attached hydrogens (tertiary/aromatic N) is 1. The first-order valence-corrected chi connectivity index (χ1v) is 7.96. The van der Waals surface area contributed by atoms with E-state index in [-0.39, 0.29) is 11.8 Å². The Morgan fingerprint density at radius 3 is 2.57 bits per heavy atom.